The number of aromatic hydroxyl groups is 1. The quantitative estimate of drug-likeness (QED) is 0.864. The maximum atomic E-state index is 10.7. The number of ether oxygens (including phenoxy) is 1. The van der Waals surface area contributed by atoms with Crippen molar-refractivity contribution in [1.82, 2.24) is 0 Å². The summed E-state index contributed by atoms with van der Waals surface area (Å²) in [5, 5.41) is 9.94. The Balaban J connectivity index is 2.21. The van der Waals surface area contributed by atoms with Crippen LogP contribution in [-0.4, -0.2) is 11.4 Å². The van der Waals surface area contributed by atoms with E-state index >= 15 is 0 Å². The first-order valence-corrected chi connectivity index (χ1v) is 6.56. The van der Waals surface area contributed by atoms with Crippen molar-refractivity contribution in [1.29, 1.82) is 0 Å². The highest BCUT2D eigenvalue weighted by Gasteiger charge is 2.09. The van der Waals surface area contributed by atoms with Crippen LogP contribution in [0.3, 0.4) is 0 Å². The normalized spacial score (nSPS) is 10.3. The molecule has 2 aromatic rings. The van der Waals surface area contributed by atoms with E-state index in [9.17, 15) is 9.90 Å². The fourth-order valence-corrected chi connectivity index (χ4v) is 2.11. The van der Waals surface area contributed by atoms with Crippen LogP contribution in [0.25, 0.3) is 0 Å². The molecule has 0 radical (unpaired) electrons. The zero-order valence-electron chi connectivity index (χ0n) is 11.3. The van der Waals surface area contributed by atoms with Crippen LogP contribution in [0.1, 0.15) is 27.0 Å². The van der Waals surface area contributed by atoms with E-state index in [1.165, 1.54) is 17.7 Å². The fraction of sp³-hybridized carbons (Fsp3) is 0.188. The van der Waals surface area contributed by atoms with Crippen molar-refractivity contribution >= 4 is 17.9 Å². The van der Waals surface area contributed by atoms with E-state index in [-0.39, 0.29) is 11.3 Å². The molecule has 4 heteroatoms. The topological polar surface area (TPSA) is 46.5 Å². The van der Waals surface area contributed by atoms with Gasteiger partial charge in [-0.2, -0.15) is 0 Å². The summed E-state index contributed by atoms with van der Waals surface area (Å²) in [6, 6.07) is 8.74. The van der Waals surface area contributed by atoms with Crippen molar-refractivity contribution in [3.8, 4) is 11.5 Å². The Morgan fingerprint density at radius 2 is 2.05 bits per heavy atom. The van der Waals surface area contributed by atoms with Crippen LogP contribution in [-0.2, 0) is 6.61 Å². The standard InChI is InChI=1S/C16H15ClO3/c1-10-4-3-5-12(11(10)2)9-20-16-7-15(19)13(8-18)6-14(16)17/h3-8,19H,9H2,1-2H3. The van der Waals surface area contributed by atoms with E-state index in [1.54, 1.807) is 0 Å². The van der Waals surface area contributed by atoms with Gasteiger partial charge in [-0.15, -0.1) is 0 Å². The molecule has 104 valence electrons. The molecular weight excluding hydrogens is 276 g/mol. The number of carbonyl (C=O) groups is 1. The third kappa shape index (κ3) is 2.94. The van der Waals surface area contributed by atoms with Crippen LogP contribution in [0, 0.1) is 13.8 Å². The molecule has 0 atom stereocenters. The molecule has 0 heterocycles. The second-order valence-corrected chi connectivity index (χ2v) is 5.01. The first kappa shape index (κ1) is 14.4. The molecule has 0 unspecified atom stereocenters. The predicted octanol–water partition coefficient (Wildman–Crippen LogP) is 4.05. The number of aldehydes is 1. The highest BCUT2D eigenvalue weighted by atomic mass is 35.5. The van der Waals surface area contributed by atoms with E-state index in [0.29, 0.717) is 23.7 Å². The van der Waals surface area contributed by atoms with Gasteiger partial charge in [0.15, 0.2) is 6.29 Å². The lowest BCUT2D eigenvalue weighted by molar-refractivity contribution is 0.112. The summed E-state index contributed by atoms with van der Waals surface area (Å²) in [4.78, 5) is 10.7. The zero-order valence-corrected chi connectivity index (χ0v) is 12.1. The lowest BCUT2D eigenvalue weighted by Crippen LogP contribution is -2.00. The third-order valence-electron chi connectivity index (χ3n) is 3.31. The summed E-state index contributed by atoms with van der Waals surface area (Å²) in [6.45, 7) is 4.42. The van der Waals surface area contributed by atoms with E-state index < -0.39 is 0 Å². The number of phenolic OH excluding ortho intramolecular Hbond substituents is 1. The second-order valence-electron chi connectivity index (χ2n) is 4.61. The molecule has 0 aliphatic carbocycles. The molecule has 0 spiro atoms. The second kappa shape index (κ2) is 5.97. The molecule has 0 aliphatic heterocycles. The first-order valence-electron chi connectivity index (χ1n) is 6.18. The van der Waals surface area contributed by atoms with Crippen molar-refractivity contribution in [2.24, 2.45) is 0 Å². The van der Waals surface area contributed by atoms with Crippen molar-refractivity contribution < 1.29 is 14.6 Å². The minimum absolute atomic E-state index is 0.139. The molecule has 0 aliphatic rings. The lowest BCUT2D eigenvalue weighted by atomic mass is 10.0. The average molecular weight is 291 g/mol. The zero-order chi connectivity index (χ0) is 14.7. The predicted molar refractivity (Wildman–Crippen MR) is 78.8 cm³/mol. The van der Waals surface area contributed by atoms with Gasteiger partial charge in [-0.25, -0.2) is 0 Å². The Morgan fingerprint density at radius 1 is 1.30 bits per heavy atom. The summed E-state index contributed by atoms with van der Waals surface area (Å²) in [7, 11) is 0. The van der Waals surface area contributed by atoms with Crippen molar-refractivity contribution in [2.45, 2.75) is 20.5 Å². The lowest BCUT2D eigenvalue weighted by Gasteiger charge is -2.12. The molecule has 20 heavy (non-hydrogen) atoms. The first-order chi connectivity index (χ1) is 9.52. The number of aryl methyl sites for hydroxylation is 1. The number of hydrogen-bond acceptors (Lipinski definition) is 3. The number of carbonyl (C=O) groups excluding carboxylic acids is 1. The fourth-order valence-electron chi connectivity index (χ4n) is 1.89. The van der Waals surface area contributed by atoms with Crippen molar-refractivity contribution in [2.75, 3.05) is 0 Å². The molecule has 0 amide bonds. The van der Waals surface area contributed by atoms with Gasteiger partial charge in [-0.1, -0.05) is 29.8 Å². The maximum Gasteiger partial charge on any atom is 0.153 e. The summed E-state index contributed by atoms with van der Waals surface area (Å²) >= 11 is 6.02. The number of rotatable bonds is 4. The Hall–Kier alpha value is -2.00. The van der Waals surface area contributed by atoms with Gasteiger partial charge < -0.3 is 9.84 Å². The smallest absolute Gasteiger partial charge is 0.153 e. The minimum Gasteiger partial charge on any atom is -0.507 e. The van der Waals surface area contributed by atoms with Gasteiger partial charge in [-0.3, -0.25) is 4.79 Å². The summed E-state index contributed by atoms with van der Waals surface area (Å²) < 4.78 is 5.63. The summed E-state index contributed by atoms with van der Waals surface area (Å²) in [6.07, 6.45) is 0.551. The van der Waals surface area contributed by atoms with Gasteiger partial charge in [0, 0.05) is 6.07 Å². The molecule has 3 nitrogen and oxygen atoms in total. The number of hydrogen-bond donors (Lipinski definition) is 1. The largest absolute Gasteiger partial charge is 0.507 e. The van der Waals surface area contributed by atoms with E-state index in [1.807, 2.05) is 32.0 Å². The van der Waals surface area contributed by atoms with Crippen LogP contribution >= 0.6 is 11.6 Å². The van der Waals surface area contributed by atoms with Gasteiger partial charge >= 0.3 is 0 Å². The van der Waals surface area contributed by atoms with Crippen LogP contribution in [0.5, 0.6) is 11.5 Å². The van der Waals surface area contributed by atoms with Gasteiger partial charge in [0.2, 0.25) is 0 Å². The van der Waals surface area contributed by atoms with E-state index in [0.717, 1.165) is 11.1 Å². The molecule has 0 saturated heterocycles. The minimum atomic E-state index is -0.139. The Labute approximate surface area is 122 Å². The van der Waals surface area contributed by atoms with E-state index in [2.05, 4.69) is 0 Å². The molecule has 0 fully saturated rings. The third-order valence-corrected chi connectivity index (χ3v) is 3.60. The van der Waals surface area contributed by atoms with Crippen LogP contribution in [0.15, 0.2) is 30.3 Å². The van der Waals surface area contributed by atoms with E-state index in [4.69, 9.17) is 16.3 Å². The Bertz CT molecular complexity index is 650. The maximum absolute atomic E-state index is 10.7. The van der Waals surface area contributed by atoms with Crippen LogP contribution in [0.4, 0.5) is 0 Å². The van der Waals surface area contributed by atoms with Gasteiger partial charge in [0.1, 0.15) is 18.1 Å². The number of phenols is 1. The van der Waals surface area contributed by atoms with Gasteiger partial charge in [-0.05, 0) is 36.6 Å². The molecule has 0 bridgehead atoms. The van der Waals surface area contributed by atoms with Gasteiger partial charge in [0.05, 0.1) is 10.6 Å². The average Bonchev–Trinajstić information content (AvgIpc) is 2.43. The number of benzene rings is 2. The summed E-state index contributed by atoms with van der Waals surface area (Å²) in [5.74, 6) is 0.219. The van der Waals surface area contributed by atoms with Gasteiger partial charge in [0.25, 0.3) is 0 Å². The Morgan fingerprint density at radius 3 is 2.75 bits per heavy atom. The molecule has 2 rings (SSSR count). The number of halogens is 1. The van der Waals surface area contributed by atoms with Crippen LogP contribution < -0.4 is 4.74 Å². The molecule has 0 aromatic heterocycles. The van der Waals surface area contributed by atoms with Crippen LogP contribution in [0.2, 0.25) is 5.02 Å². The highest BCUT2D eigenvalue weighted by Crippen LogP contribution is 2.32. The van der Waals surface area contributed by atoms with Crippen molar-refractivity contribution in [3.63, 3.8) is 0 Å². The Kier molecular flexibility index (Phi) is 4.30. The molecule has 0 saturated carbocycles. The molecule has 2 aromatic carbocycles. The summed E-state index contributed by atoms with van der Waals surface area (Å²) in [5.41, 5.74) is 3.56. The molecular formula is C16H15ClO3. The van der Waals surface area contributed by atoms with Crippen molar-refractivity contribution in [3.05, 3.63) is 57.6 Å². The highest BCUT2D eigenvalue weighted by molar-refractivity contribution is 6.32. The SMILES string of the molecule is Cc1cccc(COc2cc(O)c(C=O)cc2Cl)c1C. The monoisotopic (exact) mass is 290 g/mol. The molecule has 1 N–H and O–H groups in total.